The van der Waals surface area contributed by atoms with Gasteiger partial charge in [0.1, 0.15) is 42.9 Å². The van der Waals surface area contributed by atoms with E-state index in [4.69, 9.17) is 29.7 Å². The van der Waals surface area contributed by atoms with Gasteiger partial charge < -0.3 is 69.8 Å². The summed E-state index contributed by atoms with van der Waals surface area (Å²) in [6.45, 7) is 4.51. The third kappa shape index (κ3) is 13.8. The van der Waals surface area contributed by atoms with Gasteiger partial charge in [-0.25, -0.2) is 28.0 Å². The normalized spacial score (nSPS) is 19.5. The molecule has 0 radical (unpaired) electrons. The van der Waals surface area contributed by atoms with Gasteiger partial charge in [-0.1, -0.05) is 18.3 Å². The molecule has 6 aliphatic heterocycles. The molecular weight excluding hydrogens is 1270 g/mol. The van der Waals surface area contributed by atoms with E-state index in [9.17, 15) is 58.2 Å². The van der Waals surface area contributed by atoms with E-state index >= 15 is 0 Å². The number of nitro groups is 1. The van der Waals surface area contributed by atoms with Crippen LogP contribution in [0.4, 0.5) is 17.3 Å². The van der Waals surface area contributed by atoms with Crippen LogP contribution in [0.2, 0.25) is 0 Å². The van der Waals surface area contributed by atoms with Gasteiger partial charge in [0.15, 0.2) is 11.2 Å². The zero-order chi connectivity index (χ0) is 65.7. The van der Waals surface area contributed by atoms with E-state index in [1.165, 1.54) is 75.4 Å². The molecule has 10 N–H and O–H groups in total. The number of nitrogen functional groups attached to an aromatic ring is 1. The first-order valence-electron chi connectivity index (χ1n) is 30.3. The van der Waals surface area contributed by atoms with Gasteiger partial charge >= 0.3 is 29.4 Å². The molecule has 2 aromatic heterocycles. The van der Waals surface area contributed by atoms with E-state index in [0.717, 1.165) is 105 Å². The van der Waals surface area contributed by atoms with Gasteiger partial charge in [-0.2, -0.15) is 18.6 Å². The number of ether oxygens (including phenoxy) is 3. The van der Waals surface area contributed by atoms with Crippen LogP contribution in [0.15, 0.2) is 54.9 Å². The number of aliphatic hydroxyl groups excluding tert-OH is 1. The van der Waals surface area contributed by atoms with E-state index in [1.54, 1.807) is 12.1 Å². The van der Waals surface area contributed by atoms with Gasteiger partial charge in [-0.05, 0) is 112 Å². The summed E-state index contributed by atoms with van der Waals surface area (Å²) in [5.74, 6) is 5.00. The zero-order valence-corrected chi connectivity index (χ0v) is 52.8. The van der Waals surface area contributed by atoms with Crippen LogP contribution in [0.3, 0.4) is 0 Å². The summed E-state index contributed by atoms with van der Waals surface area (Å²) in [6, 6.07) is 12.4. The molecule has 6 aliphatic rings. The minimum atomic E-state index is -5.80. The lowest BCUT2D eigenvalue weighted by Gasteiger charge is -2.39. The molecule has 0 aliphatic carbocycles. The van der Waals surface area contributed by atoms with Crippen molar-refractivity contribution in [3.63, 3.8) is 0 Å². The maximum atomic E-state index is 14.0. The number of aryl methyl sites for hydroxylation is 2. The Labute approximate surface area is 530 Å². The van der Waals surface area contributed by atoms with Gasteiger partial charge in [0.25, 0.3) is 11.6 Å². The number of hydrogen-bond donors (Lipinski definition) is 9. The summed E-state index contributed by atoms with van der Waals surface area (Å²) < 4.78 is 69.5. The number of imidazole rings is 1. The second kappa shape index (κ2) is 26.4. The first-order chi connectivity index (χ1) is 44.4. The molecule has 2 amide bonds. The molecule has 30 nitrogen and oxygen atoms in total. The van der Waals surface area contributed by atoms with Crippen molar-refractivity contribution in [2.45, 2.75) is 108 Å². The lowest BCUT2D eigenvalue weighted by molar-refractivity contribution is -0.386. The number of rotatable bonds is 22. The number of unbranched alkanes of at least 4 members (excludes halogenated alkanes) is 2. The van der Waals surface area contributed by atoms with E-state index in [0.29, 0.717) is 36.9 Å². The highest BCUT2D eigenvalue weighted by Crippen LogP contribution is 2.66. The first kappa shape index (κ1) is 65.1. The number of fused-ring (bicyclic) bond motifs is 5. The Kier molecular flexibility index (Phi) is 18.5. The van der Waals surface area contributed by atoms with Crippen LogP contribution in [0.25, 0.3) is 16.7 Å². The highest BCUT2D eigenvalue weighted by Gasteiger charge is 2.45. The quantitative estimate of drug-likeness (QED) is 0.0111. The van der Waals surface area contributed by atoms with Crippen molar-refractivity contribution in [1.82, 2.24) is 34.7 Å². The minimum Gasteiger partial charge on any atom is -0.478 e. The number of aliphatic hydroxyl groups is 1. The molecule has 1 fully saturated rings. The number of nitrogens with one attached hydrogen (secondary N) is 2. The van der Waals surface area contributed by atoms with Crippen molar-refractivity contribution in [2.24, 2.45) is 0 Å². The van der Waals surface area contributed by atoms with Gasteiger partial charge in [0, 0.05) is 89.3 Å². The number of nitro benzene ring substituents is 1. The van der Waals surface area contributed by atoms with Crippen LogP contribution in [-0.4, -0.2) is 137 Å². The number of carboxylic acid groups (broad SMARTS) is 1. The standard InChI is InChI=1S/C60H65N10O20P3/c1-33(87-58-50-56(65-60(61)66-58)69(32-64-50)46-30-85-47(53(46)72)31-86-92(81,82)90-93(83,84)89-91(78,79)80)38-18-16-34(26-45(38)70(76)77)10-5-21-62-48(71)15-3-2-4-20-63-57(73)37-17-19-39(59(74)75)42(29-37)49-43-27-35-11-6-22-67-24-8-13-40(51(35)67)54(43)88-55-41-14-9-25-68-23-7-12-36(52(41)68)28-44(49)55/h16-19,26-29,32-33,46-47,53,72H,2-4,6-9,11-15,20-25,30-31H2,1H3,(H8-,61,62,63,65,66,71,73,74,75,78,79,80,81,82,83,84)/p+1/t33?,46-,47-,53+/m1/s1. The number of phosphoric acid groups is 3. The molecule has 8 heterocycles. The van der Waals surface area contributed by atoms with Crippen LogP contribution in [0.1, 0.15) is 136 Å². The summed E-state index contributed by atoms with van der Waals surface area (Å²) in [4.78, 5) is 104. The van der Waals surface area contributed by atoms with Crippen molar-refractivity contribution in [3.05, 3.63) is 131 Å². The molecule has 0 spiro atoms. The Hall–Kier alpha value is -8.00. The zero-order valence-electron chi connectivity index (χ0n) is 50.1. The van der Waals surface area contributed by atoms with Crippen LogP contribution >= 0.6 is 23.5 Å². The molecule has 0 saturated carbocycles. The van der Waals surface area contributed by atoms with Crippen molar-refractivity contribution in [1.29, 1.82) is 0 Å². The number of phosphoric ester groups is 1. The Morgan fingerprint density at radius 3 is 2.43 bits per heavy atom. The van der Waals surface area contributed by atoms with Crippen molar-refractivity contribution >= 4 is 75.3 Å². The van der Waals surface area contributed by atoms with Gasteiger partial charge in [-0.3, -0.25) is 24.2 Å². The molecule has 0 bridgehead atoms. The number of nitrogens with two attached hydrogens (primary N) is 1. The summed E-state index contributed by atoms with van der Waals surface area (Å²) in [5, 5.41) is 42.1. The SMILES string of the molecule is CC(Oc1nc(N)nc2c1ncn2[C@@H]1CO[C@H](COP(=O)(O)OP(=O)(O)OP(=O)(O)O)[C@H]1O)c1ccc(C#CCNC(=O)CCCCCNC(=O)c2ccc(C(=O)O)c(C3=c4cc5c6c(c4Oc4c3cc3c7c4CCCN7CCC3)CCC[N+]=6CCC5)c2)cc1[N+](=O)[O-]. The number of hydrogen-bond acceptors (Lipinski definition) is 20. The minimum absolute atomic E-state index is 0.00767. The average molecular weight is 1340 g/mol. The maximum absolute atomic E-state index is 14.0. The summed E-state index contributed by atoms with van der Waals surface area (Å²) in [6.07, 6.45) is 6.69. The molecule has 12 rings (SSSR count). The highest BCUT2D eigenvalue weighted by atomic mass is 31.3. The number of nitrogens with zero attached hydrogens (tertiary/aromatic N) is 7. The third-order valence-corrected chi connectivity index (χ3v) is 21.0. The summed E-state index contributed by atoms with van der Waals surface area (Å²) in [7, 11) is -17.0. The monoisotopic (exact) mass is 1340 g/mol. The van der Waals surface area contributed by atoms with Crippen molar-refractivity contribution in [3.8, 4) is 29.2 Å². The van der Waals surface area contributed by atoms with E-state index in [1.807, 2.05) is 0 Å². The Morgan fingerprint density at radius 1 is 0.892 bits per heavy atom. The van der Waals surface area contributed by atoms with E-state index in [-0.39, 0.29) is 76.8 Å². The van der Waals surface area contributed by atoms with Gasteiger partial charge in [-0.15, -0.1) is 0 Å². The van der Waals surface area contributed by atoms with E-state index in [2.05, 4.69) is 72.2 Å². The number of carbonyl (C=O) groups is 3. The molecule has 490 valence electrons. The topological polar surface area (TPSA) is 422 Å². The summed E-state index contributed by atoms with van der Waals surface area (Å²) >= 11 is 0. The first-order valence-corrected chi connectivity index (χ1v) is 34.8. The second-order valence-electron chi connectivity index (χ2n) is 23.4. The summed E-state index contributed by atoms with van der Waals surface area (Å²) in [5.41, 5.74) is 14.7. The number of carbonyl (C=O) groups excluding carboxylic acids is 2. The molecule has 6 aromatic rings. The molecule has 6 atom stereocenters. The third-order valence-electron chi connectivity index (χ3n) is 17.2. The van der Waals surface area contributed by atoms with Crippen LogP contribution < -0.4 is 45.9 Å². The number of anilines is 2. The largest absolute Gasteiger partial charge is 0.490 e. The predicted molar refractivity (Wildman–Crippen MR) is 331 cm³/mol. The highest BCUT2D eigenvalue weighted by molar-refractivity contribution is 7.66. The number of benzene rings is 4. The molecular formula is C60H66N10O20P3+. The number of amides is 2. The van der Waals surface area contributed by atoms with Gasteiger partial charge in [0.2, 0.25) is 23.1 Å². The molecule has 33 heteroatoms. The Morgan fingerprint density at radius 2 is 1.66 bits per heavy atom. The molecule has 3 unspecified atom stereocenters. The number of aromatic nitrogens is 4. The van der Waals surface area contributed by atoms with E-state index < -0.39 is 65.3 Å². The number of aromatic carboxylic acids is 1. The molecule has 4 aromatic carbocycles. The lowest BCUT2D eigenvalue weighted by Crippen LogP contribution is -2.45. The van der Waals surface area contributed by atoms with Crippen molar-refractivity contribution < 1.29 is 90.1 Å². The second-order valence-corrected chi connectivity index (χ2v) is 27.8. The average Bonchev–Trinajstić information content (AvgIpc) is 1.13. The van der Waals surface area contributed by atoms with Crippen LogP contribution in [-0.2, 0) is 62.1 Å². The van der Waals surface area contributed by atoms with Gasteiger partial charge in [0.05, 0.1) is 53.7 Å². The molecule has 93 heavy (non-hydrogen) atoms. The van der Waals surface area contributed by atoms with Crippen LogP contribution in [0.5, 0.6) is 17.4 Å². The number of carboxylic acids is 1. The maximum Gasteiger partial charge on any atom is 0.490 e. The fourth-order valence-corrected chi connectivity index (χ4v) is 16.3. The fourth-order valence-electron chi connectivity index (χ4n) is 13.3. The Bertz CT molecular complexity index is 4430. The predicted octanol–water partition coefficient (Wildman–Crippen LogP) is 4.69. The lowest BCUT2D eigenvalue weighted by atomic mass is 9.81. The fraction of sp³-hybridized carbons (Fsp3) is 0.417. The smallest absolute Gasteiger partial charge is 0.478 e. The van der Waals surface area contributed by atoms with Crippen molar-refractivity contribution in [2.75, 3.05) is 63.1 Å². The van der Waals surface area contributed by atoms with Crippen LogP contribution in [0, 0.1) is 22.0 Å². The Balaban J connectivity index is 0.645. The molecule has 1 saturated heterocycles.